The fourth-order valence-corrected chi connectivity index (χ4v) is 5.72. The van der Waals surface area contributed by atoms with Crippen molar-refractivity contribution in [2.24, 2.45) is 5.92 Å². The highest BCUT2D eigenvalue weighted by molar-refractivity contribution is 6.18. The van der Waals surface area contributed by atoms with E-state index in [1.807, 2.05) is 6.07 Å². The number of para-hydroxylation sites is 1. The van der Waals surface area contributed by atoms with Gasteiger partial charge in [-0.1, -0.05) is 31.0 Å². The standard InChI is InChI=1S/C26H27N3O6/c30-22(27-16-10-11-20-21(14-16)34-13-12-33-20)15-28-23-18-8-4-5-9-19(18)35-24(23)25(31)29(26(28)32)17-6-2-1-3-7-17/h1-3,6-7,10-11,14,18-19,23-24H,4-5,8-9,12-13,15H2,(H,27,30). The summed E-state index contributed by atoms with van der Waals surface area (Å²) >= 11 is 0. The molecule has 4 atom stereocenters. The highest BCUT2D eigenvalue weighted by atomic mass is 16.6. The number of hydrogen-bond donors (Lipinski definition) is 1. The summed E-state index contributed by atoms with van der Waals surface area (Å²) in [5.41, 5.74) is 1.02. The Morgan fingerprint density at radius 3 is 2.57 bits per heavy atom. The monoisotopic (exact) mass is 477 g/mol. The summed E-state index contributed by atoms with van der Waals surface area (Å²) in [4.78, 5) is 43.0. The number of carbonyl (C=O) groups excluding carboxylic acids is 3. The molecule has 6 rings (SSSR count). The molecule has 4 amide bonds. The van der Waals surface area contributed by atoms with Crippen LogP contribution in [0.3, 0.4) is 0 Å². The second-order valence-corrected chi connectivity index (χ2v) is 9.36. The van der Waals surface area contributed by atoms with E-state index in [1.165, 1.54) is 4.90 Å². The lowest BCUT2D eigenvalue weighted by Crippen LogP contribution is -2.65. The van der Waals surface area contributed by atoms with Gasteiger partial charge >= 0.3 is 6.03 Å². The molecule has 2 aromatic rings. The highest BCUT2D eigenvalue weighted by Gasteiger charge is 2.58. The van der Waals surface area contributed by atoms with E-state index in [9.17, 15) is 14.4 Å². The summed E-state index contributed by atoms with van der Waals surface area (Å²) < 4.78 is 17.4. The molecule has 9 nitrogen and oxygen atoms in total. The van der Waals surface area contributed by atoms with Crippen LogP contribution in [0.5, 0.6) is 11.5 Å². The second kappa shape index (κ2) is 8.88. The van der Waals surface area contributed by atoms with Gasteiger partial charge in [0.15, 0.2) is 17.6 Å². The van der Waals surface area contributed by atoms with E-state index < -0.39 is 18.2 Å². The van der Waals surface area contributed by atoms with Crippen LogP contribution in [0.25, 0.3) is 0 Å². The maximum absolute atomic E-state index is 13.7. The molecule has 9 heteroatoms. The molecule has 0 spiro atoms. The Balaban J connectivity index is 1.27. The van der Waals surface area contributed by atoms with Crippen molar-refractivity contribution in [1.29, 1.82) is 0 Å². The van der Waals surface area contributed by atoms with Crippen molar-refractivity contribution in [2.75, 3.05) is 30.0 Å². The SMILES string of the molecule is O=C(CN1C(=O)N(c2ccccc2)C(=O)C2OC3CCCCC3C21)Nc1ccc2c(c1)OCCO2. The minimum Gasteiger partial charge on any atom is -0.486 e. The maximum Gasteiger partial charge on any atom is 0.332 e. The summed E-state index contributed by atoms with van der Waals surface area (Å²) in [7, 11) is 0. The zero-order valence-corrected chi connectivity index (χ0v) is 19.2. The third kappa shape index (κ3) is 3.89. The Bertz CT molecular complexity index is 1160. The number of nitrogens with zero attached hydrogens (tertiary/aromatic N) is 2. The number of urea groups is 1. The number of imide groups is 1. The third-order valence-corrected chi connectivity index (χ3v) is 7.24. The van der Waals surface area contributed by atoms with Gasteiger partial charge in [-0.05, 0) is 37.1 Å². The molecule has 4 aliphatic rings. The first-order valence-corrected chi connectivity index (χ1v) is 12.1. The fraction of sp³-hybridized carbons (Fsp3) is 0.423. The van der Waals surface area contributed by atoms with Gasteiger partial charge in [-0.3, -0.25) is 9.59 Å². The number of rotatable bonds is 4. The molecule has 182 valence electrons. The number of anilines is 2. The minimum absolute atomic E-state index is 0.0432. The lowest BCUT2D eigenvalue weighted by molar-refractivity contribution is -0.133. The summed E-state index contributed by atoms with van der Waals surface area (Å²) in [6.07, 6.45) is 2.95. The molecule has 3 fully saturated rings. The largest absolute Gasteiger partial charge is 0.486 e. The van der Waals surface area contributed by atoms with Crippen LogP contribution in [0.1, 0.15) is 25.7 Å². The molecule has 0 bridgehead atoms. The number of benzene rings is 2. The fourth-order valence-electron chi connectivity index (χ4n) is 5.72. The van der Waals surface area contributed by atoms with Crippen LogP contribution in [0.4, 0.5) is 16.2 Å². The van der Waals surface area contributed by atoms with Gasteiger partial charge in [-0.2, -0.15) is 0 Å². The Morgan fingerprint density at radius 2 is 1.74 bits per heavy atom. The van der Waals surface area contributed by atoms with Crippen molar-refractivity contribution in [3.05, 3.63) is 48.5 Å². The van der Waals surface area contributed by atoms with Crippen LogP contribution in [-0.4, -0.2) is 60.8 Å². The van der Waals surface area contributed by atoms with Crippen molar-refractivity contribution >= 4 is 29.2 Å². The quantitative estimate of drug-likeness (QED) is 0.727. The van der Waals surface area contributed by atoms with Gasteiger partial charge < -0.3 is 24.4 Å². The molecule has 2 aromatic carbocycles. The lowest BCUT2D eigenvalue weighted by atomic mass is 9.81. The molecule has 4 unspecified atom stereocenters. The van der Waals surface area contributed by atoms with Gasteiger partial charge in [-0.15, -0.1) is 0 Å². The zero-order valence-electron chi connectivity index (χ0n) is 19.2. The van der Waals surface area contributed by atoms with Crippen molar-refractivity contribution in [1.82, 2.24) is 4.90 Å². The van der Waals surface area contributed by atoms with Crippen molar-refractivity contribution in [2.45, 2.75) is 43.9 Å². The van der Waals surface area contributed by atoms with Gasteiger partial charge in [-0.25, -0.2) is 9.69 Å². The minimum atomic E-state index is -0.775. The number of amides is 4. The molecule has 2 saturated heterocycles. The second-order valence-electron chi connectivity index (χ2n) is 9.36. The van der Waals surface area contributed by atoms with E-state index in [2.05, 4.69) is 5.32 Å². The molecule has 1 N–H and O–H groups in total. The summed E-state index contributed by atoms with van der Waals surface area (Å²) in [5.74, 6) is 0.533. The van der Waals surface area contributed by atoms with E-state index in [4.69, 9.17) is 14.2 Å². The topological polar surface area (TPSA) is 97.4 Å². The Kier molecular flexibility index (Phi) is 5.56. The molecule has 1 saturated carbocycles. The lowest BCUT2D eigenvalue weighted by Gasteiger charge is -2.42. The van der Waals surface area contributed by atoms with Crippen molar-refractivity contribution < 1.29 is 28.6 Å². The number of carbonyl (C=O) groups is 3. The van der Waals surface area contributed by atoms with E-state index in [0.29, 0.717) is 36.1 Å². The van der Waals surface area contributed by atoms with E-state index in [0.717, 1.165) is 30.6 Å². The highest BCUT2D eigenvalue weighted by Crippen LogP contribution is 2.43. The summed E-state index contributed by atoms with van der Waals surface area (Å²) in [6, 6.07) is 13.1. The smallest absolute Gasteiger partial charge is 0.332 e. The molecule has 3 heterocycles. The van der Waals surface area contributed by atoms with Gasteiger partial charge in [0, 0.05) is 17.7 Å². The number of fused-ring (bicyclic) bond motifs is 4. The molecule has 35 heavy (non-hydrogen) atoms. The molecular formula is C26H27N3O6. The Labute approximate surface area is 202 Å². The molecule has 0 radical (unpaired) electrons. The van der Waals surface area contributed by atoms with E-state index >= 15 is 0 Å². The van der Waals surface area contributed by atoms with Crippen LogP contribution in [0, 0.1) is 5.92 Å². The summed E-state index contributed by atoms with van der Waals surface area (Å²) in [5, 5.41) is 2.86. The third-order valence-electron chi connectivity index (χ3n) is 7.24. The van der Waals surface area contributed by atoms with Gasteiger partial charge in [0.1, 0.15) is 19.8 Å². The van der Waals surface area contributed by atoms with Gasteiger partial charge in [0.2, 0.25) is 5.91 Å². The average Bonchev–Trinajstić information content (AvgIpc) is 3.27. The zero-order chi connectivity index (χ0) is 23.9. The molecule has 3 aliphatic heterocycles. The molecule has 0 aromatic heterocycles. The predicted octanol–water partition coefficient (Wildman–Crippen LogP) is 3.19. The van der Waals surface area contributed by atoms with Crippen LogP contribution in [0.2, 0.25) is 0 Å². The first-order chi connectivity index (χ1) is 17.1. The van der Waals surface area contributed by atoms with Crippen molar-refractivity contribution in [3.63, 3.8) is 0 Å². The first-order valence-electron chi connectivity index (χ1n) is 12.1. The number of ether oxygens (including phenoxy) is 3. The number of nitrogens with one attached hydrogen (secondary N) is 1. The van der Waals surface area contributed by atoms with Crippen LogP contribution >= 0.6 is 0 Å². The summed E-state index contributed by atoms with van der Waals surface area (Å²) in [6.45, 7) is 0.748. The predicted molar refractivity (Wildman–Crippen MR) is 126 cm³/mol. The first kappa shape index (κ1) is 21.9. The van der Waals surface area contributed by atoms with E-state index in [1.54, 1.807) is 42.5 Å². The van der Waals surface area contributed by atoms with Gasteiger partial charge in [0.25, 0.3) is 5.91 Å². The van der Waals surface area contributed by atoms with Crippen LogP contribution in [0.15, 0.2) is 48.5 Å². The maximum atomic E-state index is 13.7. The number of hydrogen-bond acceptors (Lipinski definition) is 6. The van der Waals surface area contributed by atoms with Crippen LogP contribution in [-0.2, 0) is 14.3 Å². The van der Waals surface area contributed by atoms with Crippen LogP contribution < -0.4 is 19.7 Å². The average molecular weight is 478 g/mol. The Morgan fingerprint density at radius 1 is 0.971 bits per heavy atom. The normalized spacial score (nSPS) is 27.3. The Hall–Kier alpha value is -3.59. The van der Waals surface area contributed by atoms with E-state index in [-0.39, 0.29) is 30.4 Å². The van der Waals surface area contributed by atoms with Gasteiger partial charge in [0.05, 0.1) is 17.8 Å². The molecule has 1 aliphatic carbocycles. The van der Waals surface area contributed by atoms with Crippen molar-refractivity contribution in [3.8, 4) is 11.5 Å². The molecular weight excluding hydrogens is 450 g/mol.